The van der Waals surface area contributed by atoms with Gasteiger partial charge in [0.1, 0.15) is 0 Å². The molecule has 0 bridgehead atoms. The largest absolute Gasteiger partial charge is 0.376 e. The van der Waals surface area contributed by atoms with E-state index in [4.69, 9.17) is 4.74 Å². The van der Waals surface area contributed by atoms with Crippen molar-refractivity contribution >= 4 is 48.7 Å². The van der Waals surface area contributed by atoms with Crippen LogP contribution < -0.4 is 0 Å². The predicted octanol–water partition coefficient (Wildman–Crippen LogP) is 4.40. The number of carbonyl (C=O) groups excluding carboxylic acids is 1. The third kappa shape index (κ3) is 8.12. The Morgan fingerprint density at radius 3 is 2.63 bits per heavy atom. The smallest absolute Gasteiger partial charge is 0.186 e. The lowest BCUT2D eigenvalue weighted by atomic mass is 10.2. The lowest BCUT2D eigenvalue weighted by molar-refractivity contribution is -0.109. The van der Waals surface area contributed by atoms with Crippen molar-refractivity contribution in [1.82, 2.24) is 0 Å². The minimum absolute atomic E-state index is 0.141. The zero-order valence-corrected chi connectivity index (χ0v) is 14.8. The van der Waals surface area contributed by atoms with Gasteiger partial charge in [-0.15, -0.1) is 0 Å². The van der Waals surface area contributed by atoms with Gasteiger partial charge in [0.15, 0.2) is 5.12 Å². The first-order valence-electron chi connectivity index (χ1n) is 6.10. The topological polar surface area (TPSA) is 26.3 Å². The number of benzene rings is 1. The van der Waals surface area contributed by atoms with Crippen LogP contribution in [-0.4, -0.2) is 27.1 Å². The van der Waals surface area contributed by atoms with Crippen LogP contribution in [0.3, 0.4) is 0 Å². The van der Waals surface area contributed by atoms with Gasteiger partial charge in [-0.2, -0.15) is 0 Å². The van der Waals surface area contributed by atoms with Crippen molar-refractivity contribution in [2.75, 3.05) is 11.9 Å². The monoisotopic (exact) mass is 408 g/mol. The first-order chi connectivity index (χ1) is 9.11. The van der Waals surface area contributed by atoms with Gasteiger partial charge in [-0.1, -0.05) is 74.0 Å². The molecular weight excluding hydrogens is 392 g/mol. The van der Waals surface area contributed by atoms with Crippen LogP contribution >= 0.6 is 43.6 Å². The van der Waals surface area contributed by atoms with E-state index in [1.807, 2.05) is 30.3 Å². The van der Waals surface area contributed by atoms with Gasteiger partial charge in [-0.05, 0) is 12.0 Å². The fourth-order valence-corrected chi connectivity index (χ4v) is 3.54. The zero-order chi connectivity index (χ0) is 14.1. The van der Waals surface area contributed by atoms with Crippen LogP contribution in [0.4, 0.5) is 0 Å². The Morgan fingerprint density at radius 2 is 2.05 bits per heavy atom. The Hall–Kier alpha value is 0.160. The molecule has 2 unspecified atom stereocenters. The average molecular weight is 410 g/mol. The molecule has 19 heavy (non-hydrogen) atoms. The third-order valence-electron chi connectivity index (χ3n) is 2.43. The Balaban J connectivity index is 2.37. The van der Waals surface area contributed by atoms with Crippen LogP contribution in [0.25, 0.3) is 0 Å². The highest BCUT2D eigenvalue weighted by atomic mass is 79.9. The highest BCUT2D eigenvalue weighted by Crippen LogP contribution is 2.22. The maximum absolute atomic E-state index is 11.2. The van der Waals surface area contributed by atoms with Gasteiger partial charge in [-0.3, -0.25) is 4.79 Å². The number of alkyl halides is 2. The zero-order valence-electron chi connectivity index (χ0n) is 10.9. The van der Waals surface area contributed by atoms with E-state index in [1.165, 1.54) is 11.8 Å². The second-order valence-corrected chi connectivity index (χ2v) is 7.64. The van der Waals surface area contributed by atoms with E-state index in [1.54, 1.807) is 6.92 Å². The normalized spacial score (nSPS) is 14.1. The van der Waals surface area contributed by atoms with E-state index in [9.17, 15) is 4.79 Å². The van der Waals surface area contributed by atoms with Crippen molar-refractivity contribution in [3.8, 4) is 0 Å². The minimum Gasteiger partial charge on any atom is -0.376 e. The number of thioether (sulfide) groups is 1. The Kier molecular flexibility index (Phi) is 9.03. The predicted molar refractivity (Wildman–Crippen MR) is 89.3 cm³/mol. The molecule has 0 aliphatic rings. The number of carbonyl (C=O) groups is 1. The summed E-state index contributed by atoms with van der Waals surface area (Å²) in [6, 6.07) is 10.1. The summed E-state index contributed by atoms with van der Waals surface area (Å²) in [7, 11) is 0. The number of hydrogen-bond acceptors (Lipinski definition) is 3. The molecule has 0 aromatic heterocycles. The Morgan fingerprint density at radius 1 is 1.37 bits per heavy atom. The van der Waals surface area contributed by atoms with E-state index in [-0.39, 0.29) is 10.4 Å². The van der Waals surface area contributed by atoms with E-state index in [2.05, 4.69) is 31.9 Å². The van der Waals surface area contributed by atoms with Gasteiger partial charge in [0.05, 0.1) is 13.2 Å². The molecule has 1 rings (SSSR count). The molecule has 2 nitrogen and oxygen atoms in total. The first kappa shape index (κ1) is 17.2. The fourth-order valence-electron chi connectivity index (χ4n) is 1.62. The summed E-state index contributed by atoms with van der Waals surface area (Å²) in [5.74, 6) is 0. The van der Waals surface area contributed by atoms with E-state index >= 15 is 0 Å². The van der Waals surface area contributed by atoms with Crippen molar-refractivity contribution in [3.05, 3.63) is 35.9 Å². The van der Waals surface area contributed by atoms with Gasteiger partial charge in [0.2, 0.25) is 0 Å². The van der Waals surface area contributed by atoms with Crippen molar-refractivity contribution < 1.29 is 9.53 Å². The van der Waals surface area contributed by atoms with Crippen molar-refractivity contribution in [1.29, 1.82) is 0 Å². The van der Waals surface area contributed by atoms with Crippen LogP contribution in [0, 0.1) is 0 Å². The summed E-state index contributed by atoms with van der Waals surface area (Å²) in [5.41, 5.74) is 1.16. The molecule has 0 saturated carbocycles. The molecule has 0 spiro atoms. The maximum atomic E-state index is 11.2. The lowest BCUT2D eigenvalue weighted by Gasteiger charge is -2.17. The standard InChI is InChI=1S/C14H18Br2O2S/c1-11(17)19-14(7-13(16)8-15)10-18-9-12-5-3-2-4-6-12/h2-6,13-14H,7-10H2,1H3. The average Bonchev–Trinajstić information content (AvgIpc) is 2.39. The first-order valence-corrected chi connectivity index (χ1v) is 9.02. The van der Waals surface area contributed by atoms with E-state index < -0.39 is 0 Å². The molecule has 0 amide bonds. The molecule has 2 atom stereocenters. The van der Waals surface area contributed by atoms with Gasteiger partial charge in [-0.25, -0.2) is 0 Å². The van der Waals surface area contributed by atoms with Gasteiger partial charge < -0.3 is 4.74 Å². The van der Waals surface area contributed by atoms with E-state index in [0.29, 0.717) is 18.0 Å². The fraction of sp³-hybridized carbons (Fsp3) is 0.500. The number of halogens is 2. The minimum atomic E-state index is 0.141. The van der Waals surface area contributed by atoms with Gasteiger partial charge >= 0.3 is 0 Å². The molecule has 0 heterocycles. The molecule has 0 N–H and O–H groups in total. The second-order valence-electron chi connectivity index (χ2n) is 4.22. The Bertz CT molecular complexity index is 373. The van der Waals surface area contributed by atoms with Crippen molar-refractivity contribution in [3.63, 3.8) is 0 Å². The molecule has 5 heteroatoms. The molecule has 106 valence electrons. The molecule has 0 aliphatic heterocycles. The van der Waals surface area contributed by atoms with Crippen LogP contribution in [0.15, 0.2) is 30.3 Å². The van der Waals surface area contributed by atoms with Crippen LogP contribution in [-0.2, 0) is 16.1 Å². The molecule has 0 radical (unpaired) electrons. The summed E-state index contributed by atoms with van der Waals surface area (Å²) in [6.45, 7) is 2.79. The molecular formula is C14H18Br2O2S. The van der Waals surface area contributed by atoms with Crippen LogP contribution in [0.1, 0.15) is 18.9 Å². The van der Waals surface area contributed by atoms with Gasteiger partial charge in [0, 0.05) is 22.3 Å². The SMILES string of the molecule is CC(=O)SC(COCc1ccccc1)CC(Br)CBr. The molecule has 1 aromatic rings. The lowest BCUT2D eigenvalue weighted by Crippen LogP contribution is -2.19. The highest BCUT2D eigenvalue weighted by molar-refractivity contribution is 9.12. The summed E-state index contributed by atoms with van der Waals surface area (Å²) in [5, 5.41) is 1.21. The Labute approximate surface area is 135 Å². The maximum Gasteiger partial charge on any atom is 0.186 e. The quantitative estimate of drug-likeness (QED) is 0.595. The van der Waals surface area contributed by atoms with Gasteiger partial charge in [0.25, 0.3) is 0 Å². The third-order valence-corrected chi connectivity index (χ3v) is 5.78. The molecule has 0 fully saturated rings. The summed E-state index contributed by atoms with van der Waals surface area (Å²) in [6.07, 6.45) is 0.907. The van der Waals surface area contributed by atoms with Crippen molar-refractivity contribution in [2.45, 2.75) is 30.0 Å². The number of hydrogen-bond donors (Lipinski definition) is 0. The number of ether oxygens (including phenoxy) is 1. The summed E-state index contributed by atoms with van der Waals surface area (Å²) < 4.78 is 5.72. The second kappa shape index (κ2) is 9.97. The highest BCUT2D eigenvalue weighted by Gasteiger charge is 2.16. The van der Waals surface area contributed by atoms with Crippen LogP contribution in [0.5, 0.6) is 0 Å². The van der Waals surface area contributed by atoms with Crippen molar-refractivity contribution in [2.24, 2.45) is 0 Å². The molecule has 0 saturated heterocycles. The summed E-state index contributed by atoms with van der Waals surface area (Å²) in [4.78, 5) is 11.6. The summed E-state index contributed by atoms with van der Waals surface area (Å²) >= 11 is 8.37. The van der Waals surface area contributed by atoms with E-state index in [0.717, 1.165) is 17.3 Å². The van der Waals surface area contributed by atoms with Crippen LogP contribution in [0.2, 0.25) is 0 Å². The number of rotatable bonds is 8. The molecule has 1 aromatic carbocycles. The molecule has 0 aliphatic carbocycles.